The molecule has 0 atom stereocenters. The Labute approximate surface area is 131 Å². The summed E-state index contributed by atoms with van der Waals surface area (Å²) in [6, 6.07) is 2.28. The van der Waals surface area contributed by atoms with Crippen molar-refractivity contribution in [2.45, 2.75) is 46.7 Å². The number of hydrogen-bond donors (Lipinski definition) is 3. The number of hydrogen-bond acceptors (Lipinski definition) is 3. The van der Waals surface area contributed by atoms with Gasteiger partial charge in [0.05, 0.1) is 6.54 Å². The summed E-state index contributed by atoms with van der Waals surface area (Å²) in [6.07, 6.45) is 0.445. The minimum Gasteiger partial charge on any atom is -0.357 e. The van der Waals surface area contributed by atoms with Crippen molar-refractivity contribution in [1.82, 2.24) is 16.0 Å². The first-order valence-electron chi connectivity index (χ1n) is 7.37. The van der Waals surface area contributed by atoms with Gasteiger partial charge in [0.2, 0.25) is 5.91 Å². The molecule has 0 aliphatic rings. The average molecular weight is 310 g/mol. The van der Waals surface area contributed by atoms with Crippen LogP contribution in [0, 0.1) is 6.92 Å². The summed E-state index contributed by atoms with van der Waals surface area (Å²) in [7, 11) is 0. The third-order valence-electron chi connectivity index (χ3n) is 2.79. The van der Waals surface area contributed by atoms with E-state index in [0.717, 1.165) is 12.5 Å². The first-order valence-corrected chi connectivity index (χ1v) is 8.25. The van der Waals surface area contributed by atoms with Crippen LogP contribution in [-0.4, -0.2) is 31.0 Å². The Bertz CT molecular complexity index is 468. The van der Waals surface area contributed by atoms with Crippen LogP contribution in [0.5, 0.6) is 0 Å². The summed E-state index contributed by atoms with van der Waals surface area (Å²) in [6.45, 7) is 10.1. The molecule has 6 heteroatoms. The van der Waals surface area contributed by atoms with Crippen molar-refractivity contribution in [3.63, 3.8) is 0 Å². The van der Waals surface area contributed by atoms with Crippen LogP contribution in [0.1, 0.15) is 37.6 Å². The molecule has 1 rings (SSSR count). The fourth-order valence-electron chi connectivity index (χ4n) is 1.75. The third kappa shape index (κ3) is 7.13. The predicted molar refractivity (Wildman–Crippen MR) is 89.8 cm³/mol. The van der Waals surface area contributed by atoms with Gasteiger partial charge in [-0.3, -0.25) is 4.79 Å². The minimum atomic E-state index is 0.0578. The van der Waals surface area contributed by atoms with E-state index in [1.807, 2.05) is 20.8 Å². The van der Waals surface area contributed by atoms with Crippen LogP contribution < -0.4 is 16.0 Å². The van der Waals surface area contributed by atoms with E-state index in [9.17, 15) is 4.79 Å². The van der Waals surface area contributed by atoms with Crippen molar-refractivity contribution in [2.75, 3.05) is 13.1 Å². The number of aliphatic imine (C=N–C) groups is 1. The fourth-order valence-corrected chi connectivity index (χ4v) is 2.58. The Morgan fingerprint density at radius 1 is 1.38 bits per heavy atom. The van der Waals surface area contributed by atoms with Crippen LogP contribution >= 0.6 is 11.3 Å². The van der Waals surface area contributed by atoms with Crippen LogP contribution in [0.3, 0.4) is 0 Å². The lowest BCUT2D eigenvalue weighted by atomic mass is 10.3. The topological polar surface area (TPSA) is 65.5 Å². The van der Waals surface area contributed by atoms with Gasteiger partial charge in [0, 0.05) is 30.4 Å². The van der Waals surface area contributed by atoms with Gasteiger partial charge >= 0.3 is 0 Å². The zero-order valence-electron chi connectivity index (χ0n) is 13.3. The zero-order valence-corrected chi connectivity index (χ0v) is 14.1. The fraction of sp³-hybridized carbons (Fsp3) is 0.600. The lowest BCUT2D eigenvalue weighted by Crippen LogP contribution is -2.40. The lowest BCUT2D eigenvalue weighted by molar-refractivity contribution is -0.121. The summed E-state index contributed by atoms with van der Waals surface area (Å²) in [4.78, 5) is 17.4. The number of thiophene rings is 1. The molecule has 0 aliphatic heterocycles. The monoisotopic (exact) mass is 310 g/mol. The van der Waals surface area contributed by atoms with E-state index >= 15 is 0 Å². The largest absolute Gasteiger partial charge is 0.357 e. The Morgan fingerprint density at radius 2 is 2.14 bits per heavy atom. The van der Waals surface area contributed by atoms with Crippen molar-refractivity contribution in [2.24, 2.45) is 4.99 Å². The second kappa shape index (κ2) is 9.39. The molecule has 0 bridgehead atoms. The molecule has 3 N–H and O–H groups in total. The highest BCUT2D eigenvalue weighted by Gasteiger charge is 2.04. The Hall–Kier alpha value is -1.56. The van der Waals surface area contributed by atoms with Gasteiger partial charge < -0.3 is 16.0 Å². The van der Waals surface area contributed by atoms with Crippen LogP contribution in [0.2, 0.25) is 0 Å². The molecule has 0 radical (unpaired) electrons. The normalized spacial score (nSPS) is 11.6. The van der Waals surface area contributed by atoms with Crippen LogP contribution in [0.25, 0.3) is 0 Å². The molecule has 1 amide bonds. The van der Waals surface area contributed by atoms with Crippen molar-refractivity contribution in [3.8, 4) is 0 Å². The molecule has 0 unspecified atom stereocenters. The van der Waals surface area contributed by atoms with E-state index in [4.69, 9.17) is 0 Å². The molecule has 21 heavy (non-hydrogen) atoms. The van der Waals surface area contributed by atoms with Gasteiger partial charge in [-0.2, -0.15) is 0 Å². The van der Waals surface area contributed by atoms with Crippen molar-refractivity contribution in [3.05, 3.63) is 21.9 Å². The number of rotatable bonds is 7. The Kier molecular flexibility index (Phi) is 7.82. The van der Waals surface area contributed by atoms with Gasteiger partial charge in [-0.15, -0.1) is 11.3 Å². The first-order chi connectivity index (χ1) is 10.0. The van der Waals surface area contributed by atoms with Gasteiger partial charge in [0.15, 0.2) is 5.96 Å². The standard InChI is InChI=1S/C15H26N4OS/c1-5-16-15(17-8-6-14(20)19-11(2)3)18-10-13-12(4)7-9-21-13/h7,9,11H,5-6,8,10H2,1-4H3,(H,19,20)(H2,16,17,18). The summed E-state index contributed by atoms with van der Waals surface area (Å²) >= 11 is 1.72. The van der Waals surface area contributed by atoms with E-state index in [2.05, 4.69) is 39.3 Å². The summed E-state index contributed by atoms with van der Waals surface area (Å²) in [5.41, 5.74) is 1.27. The van der Waals surface area contributed by atoms with Crippen molar-refractivity contribution in [1.29, 1.82) is 0 Å². The SMILES string of the molecule is CCNC(=NCc1sccc1C)NCCC(=O)NC(C)C. The maximum atomic E-state index is 11.6. The molecule has 1 aromatic heterocycles. The van der Waals surface area contributed by atoms with E-state index in [-0.39, 0.29) is 11.9 Å². The van der Waals surface area contributed by atoms with Gasteiger partial charge in [-0.1, -0.05) is 0 Å². The van der Waals surface area contributed by atoms with Gasteiger partial charge in [-0.25, -0.2) is 4.99 Å². The number of nitrogens with one attached hydrogen (secondary N) is 3. The van der Waals surface area contributed by atoms with E-state index in [1.165, 1.54) is 10.4 Å². The average Bonchev–Trinajstić information content (AvgIpc) is 2.80. The van der Waals surface area contributed by atoms with Gasteiger partial charge in [-0.05, 0) is 44.7 Å². The lowest BCUT2D eigenvalue weighted by Gasteiger charge is -2.12. The zero-order chi connectivity index (χ0) is 15.7. The molecule has 0 spiro atoms. The number of nitrogens with zero attached hydrogens (tertiary/aromatic N) is 1. The predicted octanol–water partition coefficient (Wildman–Crippen LogP) is 2.03. The van der Waals surface area contributed by atoms with Crippen LogP contribution in [-0.2, 0) is 11.3 Å². The van der Waals surface area contributed by atoms with Crippen LogP contribution in [0.4, 0.5) is 0 Å². The minimum absolute atomic E-state index is 0.0578. The molecule has 1 aromatic rings. The second-order valence-corrected chi connectivity index (χ2v) is 6.12. The molecule has 118 valence electrons. The highest BCUT2D eigenvalue weighted by molar-refractivity contribution is 7.10. The number of carbonyl (C=O) groups is 1. The molecule has 1 heterocycles. The number of aryl methyl sites for hydroxylation is 1. The molecule has 0 aliphatic carbocycles. The maximum absolute atomic E-state index is 11.6. The molecular formula is C15H26N4OS. The van der Waals surface area contributed by atoms with Crippen molar-refractivity contribution >= 4 is 23.2 Å². The number of amides is 1. The molecule has 0 aromatic carbocycles. The number of guanidine groups is 1. The van der Waals surface area contributed by atoms with E-state index < -0.39 is 0 Å². The molecular weight excluding hydrogens is 284 g/mol. The Morgan fingerprint density at radius 3 is 2.71 bits per heavy atom. The highest BCUT2D eigenvalue weighted by atomic mass is 32.1. The summed E-state index contributed by atoms with van der Waals surface area (Å²) in [5, 5.41) is 11.3. The van der Waals surface area contributed by atoms with E-state index in [1.54, 1.807) is 11.3 Å². The second-order valence-electron chi connectivity index (χ2n) is 5.12. The van der Waals surface area contributed by atoms with Gasteiger partial charge in [0.25, 0.3) is 0 Å². The molecule has 0 fully saturated rings. The van der Waals surface area contributed by atoms with Gasteiger partial charge in [0.1, 0.15) is 0 Å². The number of carbonyl (C=O) groups excluding carboxylic acids is 1. The summed E-state index contributed by atoms with van der Waals surface area (Å²) in [5.74, 6) is 0.810. The smallest absolute Gasteiger partial charge is 0.221 e. The third-order valence-corrected chi connectivity index (χ3v) is 3.80. The van der Waals surface area contributed by atoms with Crippen LogP contribution in [0.15, 0.2) is 16.4 Å². The van der Waals surface area contributed by atoms with Crippen molar-refractivity contribution < 1.29 is 4.79 Å². The first kappa shape index (κ1) is 17.5. The summed E-state index contributed by atoms with van der Waals surface area (Å²) < 4.78 is 0. The molecule has 0 saturated carbocycles. The maximum Gasteiger partial charge on any atom is 0.221 e. The molecule has 0 saturated heterocycles. The molecule has 5 nitrogen and oxygen atoms in total. The Balaban J connectivity index is 2.42. The quantitative estimate of drug-likeness (QED) is 0.533. The van der Waals surface area contributed by atoms with E-state index in [0.29, 0.717) is 19.5 Å². The highest BCUT2D eigenvalue weighted by Crippen LogP contribution is 2.16.